The highest BCUT2D eigenvalue weighted by atomic mass is 79.9. The van der Waals surface area contributed by atoms with Crippen molar-refractivity contribution >= 4 is 15.9 Å². The van der Waals surface area contributed by atoms with E-state index in [-0.39, 0.29) is 0 Å². The van der Waals surface area contributed by atoms with Crippen LogP contribution in [0, 0.1) is 18.3 Å². The Labute approximate surface area is 108 Å². The number of pyridine rings is 1. The Morgan fingerprint density at radius 1 is 1.35 bits per heavy atom. The van der Waals surface area contributed by atoms with Gasteiger partial charge in [0, 0.05) is 16.2 Å². The summed E-state index contributed by atoms with van der Waals surface area (Å²) in [7, 11) is 0. The summed E-state index contributed by atoms with van der Waals surface area (Å²) in [4.78, 5) is 4.18. The van der Waals surface area contributed by atoms with Gasteiger partial charge in [-0.3, -0.25) is 0 Å². The second-order valence-corrected chi connectivity index (χ2v) is 4.43. The first kappa shape index (κ1) is 11.6. The number of nitriles is 1. The first-order chi connectivity index (χ1) is 8.19. The van der Waals surface area contributed by atoms with Crippen LogP contribution in [0.3, 0.4) is 0 Å². The Hall–Kier alpha value is -1.86. The van der Waals surface area contributed by atoms with Crippen LogP contribution in [-0.2, 0) is 0 Å². The van der Waals surface area contributed by atoms with Crippen molar-refractivity contribution in [3.63, 3.8) is 0 Å². The predicted molar refractivity (Wildman–Crippen MR) is 67.9 cm³/mol. The number of halogens is 1. The molecular formula is C13H9BrN2O. The van der Waals surface area contributed by atoms with Crippen LogP contribution in [0.5, 0.6) is 11.6 Å². The molecule has 3 nitrogen and oxygen atoms in total. The summed E-state index contributed by atoms with van der Waals surface area (Å²) in [5.41, 5.74) is 1.50. The molecule has 0 fully saturated rings. The van der Waals surface area contributed by atoms with Gasteiger partial charge in [-0.05, 0) is 47.1 Å². The van der Waals surface area contributed by atoms with Crippen LogP contribution < -0.4 is 4.74 Å². The lowest BCUT2D eigenvalue weighted by Crippen LogP contribution is -1.91. The fourth-order valence-corrected chi connectivity index (χ4v) is 1.82. The monoisotopic (exact) mass is 288 g/mol. The van der Waals surface area contributed by atoms with Crippen LogP contribution in [0.15, 0.2) is 41.0 Å². The van der Waals surface area contributed by atoms with Crippen molar-refractivity contribution in [2.45, 2.75) is 6.92 Å². The Bertz CT molecular complexity index is 590. The van der Waals surface area contributed by atoms with E-state index < -0.39 is 0 Å². The minimum Gasteiger partial charge on any atom is -0.439 e. The Kier molecular flexibility index (Phi) is 3.40. The highest BCUT2D eigenvalue weighted by Gasteiger charge is 2.04. The first-order valence-corrected chi connectivity index (χ1v) is 5.78. The van der Waals surface area contributed by atoms with Gasteiger partial charge in [-0.15, -0.1) is 0 Å². The predicted octanol–water partition coefficient (Wildman–Crippen LogP) is 3.82. The van der Waals surface area contributed by atoms with Crippen molar-refractivity contribution in [3.05, 3.63) is 52.1 Å². The molecule has 1 aromatic heterocycles. The molecule has 1 aromatic carbocycles. The number of ether oxygens (including phenoxy) is 1. The van der Waals surface area contributed by atoms with Crippen molar-refractivity contribution in [2.75, 3.05) is 0 Å². The number of aromatic nitrogens is 1. The molecule has 0 bridgehead atoms. The lowest BCUT2D eigenvalue weighted by Gasteiger charge is -2.07. The van der Waals surface area contributed by atoms with E-state index in [4.69, 9.17) is 10.00 Å². The normalized spacial score (nSPS) is 9.71. The minimum atomic E-state index is 0.545. The zero-order chi connectivity index (χ0) is 12.3. The average Bonchev–Trinajstić information content (AvgIpc) is 2.33. The molecule has 0 amide bonds. The minimum absolute atomic E-state index is 0.545. The molecule has 0 radical (unpaired) electrons. The summed E-state index contributed by atoms with van der Waals surface area (Å²) < 4.78 is 6.53. The molecule has 1 heterocycles. The van der Waals surface area contributed by atoms with Crippen molar-refractivity contribution in [1.29, 1.82) is 5.26 Å². The number of nitrogens with zero attached hydrogens (tertiary/aromatic N) is 2. The third kappa shape index (κ3) is 2.83. The summed E-state index contributed by atoms with van der Waals surface area (Å²) in [5.74, 6) is 1.16. The molecule has 0 N–H and O–H groups in total. The average molecular weight is 289 g/mol. The van der Waals surface area contributed by atoms with Crippen molar-refractivity contribution in [3.8, 4) is 17.7 Å². The summed E-state index contributed by atoms with van der Waals surface area (Å²) in [6.07, 6.45) is 1.68. The molecule has 2 rings (SSSR count). The van der Waals surface area contributed by atoms with Gasteiger partial charge in [-0.1, -0.05) is 6.07 Å². The van der Waals surface area contributed by atoms with Crippen molar-refractivity contribution in [2.24, 2.45) is 0 Å². The molecule has 0 saturated carbocycles. The van der Waals surface area contributed by atoms with Gasteiger partial charge in [-0.25, -0.2) is 4.98 Å². The standard InChI is InChI=1S/C13H9BrN2O/c1-9-5-11(14)8-16-13(9)17-12-4-2-3-10(6-12)7-15/h2-6,8H,1H3. The van der Waals surface area contributed by atoms with Gasteiger partial charge < -0.3 is 4.74 Å². The summed E-state index contributed by atoms with van der Waals surface area (Å²) in [6, 6.07) is 11.0. The van der Waals surface area contributed by atoms with Crippen LogP contribution in [0.4, 0.5) is 0 Å². The molecule has 84 valence electrons. The van der Waals surface area contributed by atoms with E-state index in [9.17, 15) is 0 Å². The molecule has 4 heteroatoms. The van der Waals surface area contributed by atoms with Gasteiger partial charge >= 0.3 is 0 Å². The van der Waals surface area contributed by atoms with Gasteiger partial charge in [0.2, 0.25) is 5.88 Å². The Balaban J connectivity index is 2.28. The van der Waals surface area contributed by atoms with Crippen molar-refractivity contribution < 1.29 is 4.74 Å². The molecule has 0 aliphatic carbocycles. The zero-order valence-electron chi connectivity index (χ0n) is 9.14. The maximum Gasteiger partial charge on any atom is 0.222 e. The third-order valence-corrected chi connectivity index (χ3v) is 2.61. The second-order valence-electron chi connectivity index (χ2n) is 3.52. The first-order valence-electron chi connectivity index (χ1n) is 4.99. The van der Waals surface area contributed by atoms with E-state index in [1.807, 2.05) is 13.0 Å². The topological polar surface area (TPSA) is 45.9 Å². The molecule has 0 spiro atoms. The highest BCUT2D eigenvalue weighted by molar-refractivity contribution is 9.10. The largest absolute Gasteiger partial charge is 0.439 e. The van der Waals surface area contributed by atoms with E-state index >= 15 is 0 Å². The van der Waals surface area contributed by atoms with Crippen LogP contribution in [0.25, 0.3) is 0 Å². The van der Waals surface area contributed by atoms with E-state index in [1.54, 1.807) is 30.5 Å². The van der Waals surface area contributed by atoms with Crippen LogP contribution in [0.1, 0.15) is 11.1 Å². The lowest BCUT2D eigenvalue weighted by atomic mass is 10.2. The van der Waals surface area contributed by atoms with Crippen LogP contribution in [0.2, 0.25) is 0 Å². The summed E-state index contributed by atoms with van der Waals surface area (Å²) in [5, 5.41) is 8.79. The molecule has 0 aliphatic heterocycles. The molecule has 0 saturated heterocycles. The van der Waals surface area contributed by atoms with Crippen LogP contribution >= 0.6 is 15.9 Å². The smallest absolute Gasteiger partial charge is 0.222 e. The fraction of sp³-hybridized carbons (Fsp3) is 0.0769. The molecule has 17 heavy (non-hydrogen) atoms. The van der Waals surface area contributed by atoms with Crippen molar-refractivity contribution in [1.82, 2.24) is 4.98 Å². The molecule has 0 unspecified atom stereocenters. The van der Waals surface area contributed by atoms with Gasteiger partial charge in [-0.2, -0.15) is 5.26 Å². The Morgan fingerprint density at radius 2 is 2.18 bits per heavy atom. The highest BCUT2D eigenvalue weighted by Crippen LogP contribution is 2.25. The number of hydrogen-bond donors (Lipinski definition) is 0. The maximum atomic E-state index is 8.79. The second kappa shape index (κ2) is 4.98. The van der Waals surface area contributed by atoms with E-state index in [2.05, 4.69) is 27.0 Å². The fourth-order valence-electron chi connectivity index (χ4n) is 1.38. The SMILES string of the molecule is Cc1cc(Br)cnc1Oc1cccc(C#N)c1. The molecule has 2 aromatic rings. The summed E-state index contributed by atoms with van der Waals surface area (Å²) >= 11 is 3.34. The quantitative estimate of drug-likeness (QED) is 0.844. The van der Waals surface area contributed by atoms with Gasteiger partial charge in [0.1, 0.15) is 5.75 Å². The number of hydrogen-bond acceptors (Lipinski definition) is 3. The molecule has 0 aliphatic rings. The Morgan fingerprint density at radius 3 is 2.88 bits per heavy atom. The van der Waals surface area contributed by atoms with E-state index in [0.29, 0.717) is 17.2 Å². The molecule has 0 atom stereocenters. The maximum absolute atomic E-state index is 8.79. The van der Waals surface area contributed by atoms with E-state index in [0.717, 1.165) is 10.0 Å². The number of aryl methyl sites for hydroxylation is 1. The van der Waals surface area contributed by atoms with Gasteiger partial charge in [0.25, 0.3) is 0 Å². The lowest BCUT2D eigenvalue weighted by molar-refractivity contribution is 0.458. The van der Waals surface area contributed by atoms with E-state index in [1.165, 1.54) is 0 Å². The number of benzene rings is 1. The number of rotatable bonds is 2. The third-order valence-electron chi connectivity index (χ3n) is 2.17. The van der Waals surface area contributed by atoms with Gasteiger partial charge in [0.15, 0.2) is 0 Å². The van der Waals surface area contributed by atoms with Crippen LogP contribution in [-0.4, -0.2) is 4.98 Å². The molecular weight excluding hydrogens is 280 g/mol. The summed E-state index contributed by atoms with van der Waals surface area (Å²) in [6.45, 7) is 1.92. The zero-order valence-corrected chi connectivity index (χ0v) is 10.7. The van der Waals surface area contributed by atoms with Gasteiger partial charge in [0.05, 0.1) is 11.6 Å².